The summed E-state index contributed by atoms with van der Waals surface area (Å²) in [4.78, 5) is 4.06. The zero-order chi connectivity index (χ0) is 11.5. The lowest BCUT2D eigenvalue weighted by atomic mass is 10.1. The zero-order valence-electron chi connectivity index (χ0n) is 8.81. The number of hydrogen-bond donors (Lipinski definition) is 0. The number of halogens is 1. The van der Waals surface area contributed by atoms with Gasteiger partial charge in [0.15, 0.2) is 0 Å². The van der Waals surface area contributed by atoms with Crippen LogP contribution in [0, 0.1) is 24.1 Å². The third-order valence-electron chi connectivity index (χ3n) is 2.45. The monoisotopic (exact) mass is 215 g/mol. The summed E-state index contributed by atoms with van der Waals surface area (Å²) in [6.07, 6.45) is 3.48. The van der Waals surface area contributed by atoms with Gasteiger partial charge in [0.1, 0.15) is 11.6 Å². The Bertz CT molecular complexity index is 552. The van der Waals surface area contributed by atoms with Crippen molar-refractivity contribution in [2.45, 2.75) is 13.5 Å². The first-order valence-electron chi connectivity index (χ1n) is 4.87. The number of nitrogens with zero attached hydrogens (tertiary/aromatic N) is 3. The lowest BCUT2D eigenvalue weighted by Crippen LogP contribution is -2.03. The van der Waals surface area contributed by atoms with Crippen LogP contribution in [0.4, 0.5) is 4.39 Å². The van der Waals surface area contributed by atoms with E-state index in [0.717, 1.165) is 5.82 Å². The number of nitriles is 1. The van der Waals surface area contributed by atoms with Gasteiger partial charge in [0.2, 0.25) is 0 Å². The van der Waals surface area contributed by atoms with E-state index in [0.29, 0.717) is 17.7 Å². The third kappa shape index (κ3) is 1.94. The minimum atomic E-state index is -0.354. The predicted molar refractivity (Wildman–Crippen MR) is 57.2 cm³/mol. The van der Waals surface area contributed by atoms with Crippen LogP contribution in [0.1, 0.15) is 17.0 Å². The molecule has 0 spiro atoms. The maximum atomic E-state index is 13.6. The summed E-state index contributed by atoms with van der Waals surface area (Å²) in [5, 5.41) is 8.62. The molecule has 0 aliphatic carbocycles. The quantitative estimate of drug-likeness (QED) is 0.771. The maximum Gasteiger partial charge on any atom is 0.129 e. The molecule has 80 valence electrons. The Balaban J connectivity index is 2.30. The average Bonchev–Trinajstić information content (AvgIpc) is 2.67. The fourth-order valence-electron chi connectivity index (χ4n) is 1.50. The highest BCUT2D eigenvalue weighted by Gasteiger charge is 2.05. The molecule has 3 nitrogen and oxygen atoms in total. The van der Waals surface area contributed by atoms with Crippen LogP contribution in [-0.4, -0.2) is 9.55 Å². The van der Waals surface area contributed by atoms with E-state index >= 15 is 0 Å². The number of hydrogen-bond acceptors (Lipinski definition) is 2. The van der Waals surface area contributed by atoms with Gasteiger partial charge in [0.05, 0.1) is 18.2 Å². The van der Waals surface area contributed by atoms with Gasteiger partial charge in [-0.3, -0.25) is 0 Å². The van der Waals surface area contributed by atoms with Crippen molar-refractivity contribution in [3.05, 3.63) is 53.4 Å². The van der Waals surface area contributed by atoms with E-state index in [1.54, 1.807) is 24.5 Å². The largest absolute Gasteiger partial charge is 0.331 e. The Morgan fingerprint density at radius 3 is 2.88 bits per heavy atom. The van der Waals surface area contributed by atoms with Gasteiger partial charge >= 0.3 is 0 Å². The Morgan fingerprint density at radius 1 is 1.50 bits per heavy atom. The molecule has 4 heteroatoms. The third-order valence-corrected chi connectivity index (χ3v) is 2.45. The molecule has 0 bridgehead atoms. The van der Waals surface area contributed by atoms with Crippen LogP contribution in [0.15, 0.2) is 30.6 Å². The number of aromatic nitrogens is 2. The lowest BCUT2D eigenvalue weighted by molar-refractivity contribution is 0.596. The highest BCUT2D eigenvalue weighted by atomic mass is 19.1. The maximum absolute atomic E-state index is 13.6. The SMILES string of the molecule is Cc1nccn1Cc1ccc(C#N)cc1F. The van der Waals surface area contributed by atoms with Crippen molar-refractivity contribution < 1.29 is 4.39 Å². The van der Waals surface area contributed by atoms with Crippen molar-refractivity contribution in [3.63, 3.8) is 0 Å². The molecule has 2 aromatic rings. The minimum Gasteiger partial charge on any atom is -0.331 e. The fraction of sp³-hybridized carbons (Fsp3) is 0.167. The van der Waals surface area contributed by atoms with Gasteiger partial charge in [-0.1, -0.05) is 6.07 Å². The smallest absolute Gasteiger partial charge is 0.129 e. The van der Waals surface area contributed by atoms with Crippen LogP contribution >= 0.6 is 0 Å². The van der Waals surface area contributed by atoms with Gasteiger partial charge in [-0.05, 0) is 19.1 Å². The first-order chi connectivity index (χ1) is 7.70. The highest BCUT2D eigenvalue weighted by molar-refractivity contribution is 5.33. The van der Waals surface area contributed by atoms with Gasteiger partial charge in [-0.2, -0.15) is 5.26 Å². The van der Waals surface area contributed by atoms with Crippen molar-refractivity contribution in [2.75, 3.05) is 0 Å². The molecule has 1 heterocycles. The fourth-order valence-corrected chi connectivity index (χ4v) is 1.50. The van der Waals surface area contributed by atoms with Gasteiger partial charge in [0.25, 0.3) is 0 Å². The van der Waals surface area contributed by atoms with Crippen LogP contribution in [-0.2, 0) is 6.54 Å². The van der Waals surface area contributed by atoms with Gasteiger partial charge in [0, 0.05) is 18.0 Å². The van der Waals surface area contributed by atoms with E-state index in [1.807, 2.05) is 17.6 Å². The molecule has 2 rings (SSSR count). The topological polar surface area (TPSA) is 41.6 Å². The summed E-state index contributed by atoms with van der Waals surface area (Å²) in [7, 11) is 0. The molecule has 0 atom stereocenters. The molecule has 1 aromatic heterocycles. The molecule has 16 heavy (non-hydrogen) atoms. The number of imidazole rings is 1. The average molecular weight is 215 g/mol. The number of aryl methyl sites for hydroxylation is 1. The molecule has 0 amide bonds. The molecule has 0 aliphatic heterocycles. The summed E-state index contributed by atoms with van der Waals surface area (Å²) >= 11 is 0. The predicted octanol–water partition coefficient (Wildman–Crippen LogP) is 2.25. The summed E-state index contributed by atoms with van der Waals surface area (Å²) in [5.74, 6) is 0.482. The molecule has 0 fully saturated rings. The number of benzene rings is 1. The van der Waals surface area contributed by atoms with Crippen molar-refractivity contribution in [2.24, 2.45) is 0 Å². The van der Waals surface area contributed by atoms with Crippen LogP contribution in [0.2, 0.25) is 0 Å². The van der Waals surface area contributed by atoms with E-state index in [2.05, 4.69) is 4.98 Å². The van der Waals surface area contributed by atoms with E-state index in [-0.39, 0.29) is 5.82 Å². The molecule has 0 saturated heterocycles. The van der Waals surface area contributed by atoms with Gasteiger partial charge in [-0.15, -0.1) is 0 Å². The normalized spacial score (nSPS) is 10.1. The molecular formula is C12H10FN3. The standard InChI is InChI=1S/C12H10FN3/c1-9-15-4-5-16(9)8-11-3-2-10(7-14)6-12(11)13/h2-6H,8H2,1H3. The highest BCUT2D eigenvalue weighted by Crippen LogP contribution is 2.12. The van der Waals surface area contributed by atoms with E-state index in [1.165, 1.54) is 6.07 Å². The summed E-state index contributed by atoms with van der Waals surface area (Å²) in [5.41, 5.74) is 0.892. The first kappa shape index (κ1) is 10.4. The van der Waals surface area contributed by atoms with Gasteiger partial charge < -0.3 is 4.57 Å². The van der Waals surface area contributed by atoms with Crippen molar-refractivity contribution in [1.82, 2.24) is 9.55 Å². The number of rotatable bonds is 2. The first-order valence-corrected chi connectivity index (χ1v) is 4.87. The van der Waals surface area contributed by atoms with Crippen molar-refractivity contribution >= 4 is 0 Å². The van der Waals surface area contributed by atoms with Crippen LogP contribution < -0.4 is 0 Å². The Morgan fingerprint density at radius 2 is 2.31 bits per heavy atom. The van der Waals surface area contributed by atoms with Crippen molar-refractivity contribution in [1.29, 1.82) is 5.26 Å². The zero-order valence-corrected chi connectivity index (χ0v) is 8.81. The van der Waals surface area contributed by atoms with Crippen LogP contribution in [0.5, 0.6) is 0 Å². The van der Waals surface area contributed by atoms with Crippen LogP contribution in [0.3, 0.4) is 0 Å². The second kappa shape index (κ2) is 4.15. The second-order valence-electron chi connectivity index (χ2n) is 3.52. The molecule has 0 aliphatic rings. The molecule has 1 aromatic carbocycles. The Labute approximate surface area is 92.8 Å². The minimum absolute atomic E-state index is 0.337. The molecule has 0 saturated carbocycles. The Hall–Kier alpha value is -2.15. The molecule has 0 radical (unpaired) electrons. The Kier molecular flexibility index (Phi) is 2.69. The van der Waals surface area contributed by atoms with E-state index in [4.69, 9.17) is 5.26 Å². The molecular weight excluding hydrogens is 205 g/mol. The van der Waals surface area contributed by atoms with Crippen LogP contribution in [0.25, 0.3) is 0 Å². The summed E-state index contributed by atoms with van der Waals surface area (Å²) < 4.78 is 15.4. The van der Waals surface area contributed by atoms with E-state index < -0.39 is 0 Å². The summed E-state index contributed by atoms with van der Waals surface area (Å²) in [6.45, 7) is 2.30. The summed E-state index contributed by atoms with van der Waals surface area (Å²) in [6, 6.07) is 6.41. The van der Waals surface area contributed by atoms with Gasteiger partial charge in [-0.25, -0.2) is 9.37 Å². The van der Waals surface area contributed by atoms with Crippen molar-refractivity contribution in [3.8, 4) is 6.07 Å². The molecule has 0 unspecified atom stereocenters. The lowest BCUT2D eigenvalue weighted by Gasteiger charge is -2.06. The second-order valence-corrected chi connectivity index (χ2v) is 3.52. The van der Waals surface area contributed by atoms with E-state index in [9.17, 15) is 4.39 Å². The molecule has 0 N–H and O–H groups in total.